The van der Waals surface area contributed by atoms with Crippen molar-refractivity contribution in [2.24, 2.45) is 0 Å². The predicted octanol–water partition coefficient (Wildman–Crippen LogP) is 2.86. The third-order valence-corrected chi connectivity index (χ3v) is 4.50. The number of ether oxygens (including phenoxy) is 4. The second kappa shape index (κ2) is 15.2. The van der Waals surface area contributed by atoms with Crippen LogP contribution in [-0.4, -0.2) is 56.4 Å². The molecule has 0 fully saturated rings. The lowest BCUT2D eigenvalue weighted by Gasteiger charge is -2.11. The molecule has 0 unspecified atom stereocenters. The zero-order chi connectivity index (χ0) is 24.6. The lowest BCUT2D eigenvalue weighted by Crippen LogP contribution is -2.33. The summed E-state index contributed by atoms with van der Waals surface area (Å²) in [6.45, 7) is 3.56. The fourth-order valence-corrected chi connectivity index (χ4v) is 2.66. The van der Waals surface area contributed by atoms with Gasteiger partial charge in [0.15, 0.2) is 5.75 Å². The van der Waals surface area contributed by atoms with E-state index in [1.807, 2.05) is 30.3 Å². The summed E-state index contributed by atoms with van der Waals surface area (Å²) in [7, 11) is 1.36. The van der Waals surface area contributed by atoms with Crippen molar-refractivity contribution in [3.63, 3.8) is 0 Å². The summed E-state index contributed by atoms with van der Waals surface area (Å²) in [5.74, 6) is -1.00. The number of amides is 2. The molecule has 0 radical (unpaired) electrons. The van der Waals surface area contributed by atoms with Gasteiger partial charge in [-0.1, -0.05) is 43.7 Å². The normalized spacial score (nSPS) is 10.3. The number of aromatic nitrogens is 1. The van der Waals surface area contributed by atoms with E-state index in [9.17, 15) is 14.4 Å². The van der Waals surface area contributed by atoms with Gasteiger partial charge in [-0.25, -0.2) is 9.78 Å². The molecule has 0 aliphatic rings. The molecule has 10 heteroatoms. The third kappa shape index (κ3) is 9.86. The maximum absolute atomic E-state index is 12.3. The highest BCUT2D eigenvalue weighted by atomic mass is 16.6. The Hall–Kier alpha value is -3.66. The number of nitrogens with one attached hydrogen (secondary N) is 2. The highest BCUT2D eigenvalue weighted by Gasteiger charge is 2.16. The number of nitrogens with zero attached hydrogens (tertiary/aromatic N) is 1. The van der Waals surface area contributed by atoms with E-state index < -0.39 is 12.1 Å². The molecule has 0 bridgehead atoms. The fraction of sp³-hybridized carbons (Fsp3) is 0.417. The standard InChI is InChI=1S/C24H31N3O7/c1-3-4-12-32-13-8-11-25-22(29)19-14-20(31-2)23(26-15-19)34-24(30)27-16-21(28)33-17-18-9-6-5-7-10-18/h5-7,9-10,14-15H,3-4,8,11-13,16-17H2,1-2H3,(H,25,29)(H,27,30). The molecular weight excluding hydrogens is 442 g/mol. The molecule has 1 heterocycles. The molecule has 0 saturated heterocycles. The second-order valence-corrected chi connectivity index (χ2v) is 7.20. The minimum Gasteiger partial charge on any atom is -0.491 e. The van der Waals surface area contributed by atoms with Gasteiger partial charge >= 0.3 is 12.1 Å². The molecule has 0 saturated carbocycles. The van der Waals surface area contributed by atoms with E-state index in [1.54, 1.807) is 0 Å². The topological polar surface area (TPSA) is 125 Å². The summed E-state index contributed by atoms with van der Waals surface area (Å²) in [6.07, 6.45) is 3.14. The molecule has 1 aromatic heterocycles. The number of benzene rings is 1. The van der Waals surface area contributed by atoms with Crippen LogP contribution in [0.3, 0.4) is 0 Å². The Labute approximate surface area is 198 Å². The van der Waals surface area contributed by atoms with Crippen LogP contribution in [0.5, 0.6) is 11.6 Å². The molecule has 2 N–H and O–H groups in total. The van der Waals surface area contributed by atoms with Gasteiger partial charge in [-0.15, -0.1) is 0 Å². The zero-order valence-electron chi connectivity index (χ0n) is 19.5. The minimum atomic E-state index is -0.914. The molecule has 10 nitrogen and oxygen atoms in total. The maximum Gasteiger partial charge on any atom is 0.414 e. The third-order valence-electron chi connectivity index (χ3n) is 4.50. The van der Waals surface area contributed by atoms with Gasteiger partial charge in [-0.3, -0.25) is 9.59 Å². The van der Waals surface area contributed by atoms with E-state index in [0.717, 1.165) is 25.0 Å². The molecular formula is C24H31N3O7. The number of esters is 1. The van der Waals surface area contributed by atoms with Gasteiger partial charge < -0.3 is 29.6 Å². The van der Waals surface area contributed by atoms with E-state index in [-0.39, 0.29) is 36.3 Å². The first-order valence-corrected chi connectivity index (χ1v) is 11.1. The highest BCUT2D eigenvalue weighted by molar-refractivity contribution is 5.94. The van der Waals surface area contributed by atoms with Crippen molar-refractivity contribution in [2.45, 2.75) is 32.8 Å². The molecule has 0 aliphatic carbocycles. The van der Waals surface area contributed by atoms with Crippen molar-refractivity contribution < 1.29 is 33.3 Å². The summed E-state index contributed by atoms with van der Waals surface area (Å²) >= 11 is 0. The number of pyridine rings is 1. The number of unbranched alkanes of at least 4 members (excludes halogenated alkanes) is 1. The molecule has 184 valence electrons. The number of hydrogen-bond acceptors (Lipinski definition) is 8. The summed E-state index contributed by atoms with van der Waals surface area (Å²) in [5.41, 5.74) is 1.08. The van der Waals surface area contributed by atoms with Crippen LogP contribution in [0.15, 0.2) is 42.6 Å². The van der Waals surface area contributed by atoms with Crippen LogP contribution in [0.4, 0.5) is 4.79 Å². The molecule has 34 heavy (non-hydrogen) atoms. The van der Waals surface area contributed by atoms with Crippen molar-refractivity contribution in [2.75, 3.05) is 33.4 Å². The van der Waals surface area contributed by atoms with Gasteiger partial charge in [0, 0.05) is 32.0 Å². The average Bonchev–Trinajstić information content (AvgIpc) is 2.86. The molecule has 2 rings (SSSR count). The van der Waals surface area contributed by atoms with Crippen LogP contribution >= 0.6 is 0 Å². The molecule has 0 atom stereocenters. The Morgan fingerprint density at radius 3 is 2.53 bits per heavy atom. The summed E-state index contributed by atoms with van der Waals surface area (Å²) in [6, 6.07) is 10.6. The van der Waals surface area contributed by atoms with E-state index in [4.69, 9.17) is 18.9 Å². The van der Waals surface area contributed by atoms with Crippen molar-refractivity contribution in [1.82, 2.24) is 15.6 Å². The zero-order valence-corrected chi connectivity index (χ0v) is 19.5. The van der Waals surface area contributed by atoms with Crippen LogP contribution in [0.25, 0.3) is 0 Å². The lowest BCUT2D eigenvalue weighted by molar-refractivity contribution is -0.143. The smallest absolute Gasteiger partial charge is 0.414 e. The van der Waals surface area contributed by atoms with Crippen LogP contribution < -0.4 is 20.1 Å². The van der Waals surface area contributed by atoms with E-state index >= 15 is 0 Å². The highest BCUT2D eigenvalue weighted by Crippen LogP contribution is 2.25. The van der Waals surface area contributed by atoms with E-state index in [2.05, 4.69) is 22.5 Å². The first-order valence-electron chi connectivity index (χ1n) is 11.1. The van der Waals surface area contributed by atoms with Gasteiger partial charge in [0.25, 0.3) is 11.8 Å². The lowest BCUT2D eigenvalue weighted by atomic mass is 10.2. The predicted molar refractivity (Wildman–Crippen MR) is 124 cm³/mol. The summed E-state index contributed by atoms with van der Waals surface area (Å²) < 4.78 is 20.8. The number of hydrogen-bond donors (Lipinski definition) is 2. The molecule has 2 aromatic rings. The maximum atomic E-state index is 12.3. The van der Waals surface area contributed by atoms with Gasteiger partial charge in [-0.2, -0.15) is 0 Å². The summed E-state index contributed by atoms with van der Waals surface area (Å²) in [4.78, 5) is 40.1. The van der Waals surface area contributed by atoms with Gasteiger partial charge in [-0.05, 0) is 18.4 Å². The average molecular weight is 474 g/mol. The number of rotatable bonds is 14. The first-order chi connectivity index (χ1) is 16.5. The van der Waals surface area contributed by atoms with E-state index in [0.29, 0.717) is 19.6 Å². The van der Waals surface area contributed by atoms with Crippen LogP contribution in [0.2, 0.25) is 0 Å². The molecule has 1 aromatic carbocycles. The van der Waals surface area contributed by atoms with Crippen LogP contribution in [-0.2, 0) is 20.9 Å². The fourth-order valence-electron chi connectivity index (χ4n) is 2.66. The first kappa shape index (κ1) is 26.6. The van der Waals surface area contributed by atoms with Gasteiger partial charge in [0.05, 0.1) is 12.7 Å². The summed E-state index contributed by atoms with van der Waals surface area (Å²) in [5, 5.41) is 5.06. The quantitative estimate of drug-likeness (QED) is 0.317. The Bertz CT molecular complexity index is 922. The Balaban J connectivity index is 1.75. The Morgan fingerprint density at radius 2 is 1.79 bits per heavy atom. The second-order valence-electron chi connectivity index (χ2n) is 7.20. The van der Waals surface area contributed by atoms with Crippen LogP contribution in [0, 0.1) is 0 Å². The number of methoxy groups -OCH3 is 1. The van der Waals surface area contributed by atoms with Crippen molar-refractivity contribution in [3.05, 3.63) is 53.7 Å². The number of carbonyl (C=O) groups excluding carboxylic acids is 3. The van der Waals surface area contributed by atoms with Gasteiger partial charge in [0.1, 0.15) is 13.2 Å². The number of carbonyl (C=O) groups is 3. The van der Waals surface area contributed by atoms with Crippen molar-refractivity contribution in [3.8, 4) is 11.6 Å². The Kier molecular flexibility index (Phi) is 11.9. The van der Waals surface area contributed by atoms with Crippen molar-refractivity contribution in [1.29, 1.82) is 0 Å². The Morgan fingerprint density at radius 1 is 1.03 bits per heavy atom. The van der Waals surface area contributed by atoms with E-state index in [1.165, 1.54) is 19.4 Å². The molecule has 2 amide bonds. The molecule has 0 spiro atoms. The largest absolute Gasteiger partial charge is 0.491 e. The minimum absolute atomic E-state index is 0.0948. The SMILES string of the molecule is CCCCOCCCNC(=O)c1cnc(OC(=O)NCC(=O)OCc2ccccc2)c(OC)c1. The van der Waals surface area contributed by atoms with Crippen molar-refractivity contribution >= 4 is 18.0 Å². The van der Waals surface area contributed by atoms with Crippen LogP contribution in [0.1, 0.15) is 42.1 Å². The van der Waals surface area contributed by atoms with Gasteiger partial charge in [0.2, 0.25) is 0 Å². The monoisotopic (exact) mass is 473 g/mol. The molecule has 0 aliphatic heterocycles.